The molecular weight excluding hydrogens is 459 g/mol. The summed E-state index contributed by atoms with van der Waals surface area (Å²) in [6, 6.07) is 10.4. The molecule has 0 radical (unpaired) electrons. The Labute approximate surface area is 209 Å². The number of hydrogen-bond acceptors (Lipinski definition) is 3. The van der Waals surface area contributed by atoms with E-state index in [1.54, 1.807) is 53.4 Å². The molecule has 0 aliphatic rings. The average Bonchev–Trinajstić information content (AvgIpc) is 2.79. The van der Waals surface area contributed by atoms with E-state index in [2.05, 4.69) is 12.2 Å². The lowest BCUT2D eigenvalue weighted by Gasteiger charge is -2.06. The van der Waals surface area contributed by atoms with Gasteiger partial charge in [-0.25, -0.2) is 4.79 Å². The second-order valence-corrected chi connectivity index (χ2v) is 8.56. The van der Waals surface area contributed by atoms with Gasteiger partial charge in [0.1, 0.15) is 5.56 Å². The van der Waals surface area contributed by atoms with Crippen LogP contribution in [0.15, 0.2) is 48.8 Å². The molecule has 182 valence electrons. The minimum Gasteiger partial charge on any atom is -0.461 e. The molecule has 0 aliphatic carbocycles. The molecule has 0 aliphatic heterocycles. The van der Waals surface area contributed by atoms with Gasteiger partial charge in [-0.2, -0.15) is 4.57 Å². The summed E-state index contributed by atoms with van der Waals surface area (Å²) in [6.45, 7) is 2.78. The molecule has 0 saturated carbocycles. The van der Waals surface area contributed by atoms with E-state index in [9.17, 15) is 9.59 Å². The first kappa shape index (κ1) is 28.9. The number of unbranched alkanes of at least 4 members (excludes halogenated alkanes) is 9. The summed E-state index contributed by atoms with van der Waals surface area (Å²) in [6.07, 6.45) is 15.9. The van der Waals surface area contributed by atoms with Gasteiger partial charge in [0, 0.05) is 16.8 Å². The molecule has 1 heterocycles. The minimum atomic E-state index is -0.291. The number of anilines is 1. The second kappa shape index (κ2) is 17.4. The van der Waals surface area contributed by atoms with Crippen molar-refractivity contribution in [1.82, 2.24) is 0 Å². The third-order valence-electron chi connectivity index (χ3n) is 5.30. The number of carbonyl (C=O) groups is 2. The summed E-state index contributed by atoms with van der Waals surface area (Å²) in [5.74, 6) is -0.540. The van der Waals surface area contributed by atoms with E-state index >= 15 is 0 Å². The highest BCUT2D eigenvalue weighted by Gasteiger charge is 2.15. The van der Waals surface area contributed by atoms with E-state index in [0.717, 1.165) is 12.8 Å². The summed E-state index contributed by atoms with van der Waals surface area (Å²) in [5.41, 5.74) is 1.12. The van der Waals surface area contributed by atoms with Gasteiger partial charge >= 0.3 is 5.97 Å². The molecule has 0 saturated heterocycles. The van der Waals surface area contributed by atoms with Crippen LogP contribution >= 0.6 is 24.0 Å². The van der Waals surface area contributed by atoms with Crippen molar-refractivity contribution in [2.75, 3.05) is 11.9 Å². The van der Waals surface area contributed by atoms with Gasteiger partial charge < -0.3 is 10.1 Å². The fourth-order valence-corrected chi connectivity index (χ4v) is 3.59. The molecule has 0 unspecified atom stereocenters. The molecule has 0 atom stereocenters. The number of carbonyl (C=O) groups excluding carboxylic acids is 2. The quantitative estimate of drug-likeness (QED) is 0.168. The van der Waals surface area contributed by atoms with E-state index in [4.69, 9.17) is 16.3 Å². The fraction of sp³-hybridized carbons (Fsp3) is 0.500. The number of rotatable bonds is 15. The molecule has 0 spiro atoms. The van der Waals surface area contributed by atoms with Gasteiger partial charge in [0.05, 0.1) is 6.61 Å². The van der Waals surface area contributed by atoms with Crippen LogP contribution in [0.1, 0.15) is 81.5 Å². The van der Waals surface area contributed by atoms with Crippen LogP contribution in [0.25, 0.3) is 0 Å². The first-order valence-corrected chi connectivity index (χ1v) is 12.2. The number of pyridine rings is 1. The summed E-state index contributed by atoms with van der Waals surface area (Å²) in [4.78, 5) is 24.6. The molecule has 1 aromatic carbocycles. The maximum atomic E-state index is 12.4. The zero-order valence-corrected chi connectivity index (χ0v) is 21.1. The Hall–Kier alpha value is -2.11. The standard InChI is InChI=1S/C26H35ClN2O3.ClH/c1-2-3-4-5-6-7-8-9-10-11-19-32-25(30)21-29-18-12-13-22(20-29)26(31)28-24-16-14-23(27)15-17-24;/h12-18,20H,2-11,19,21H2,1H3;1H/p+1. The monoisotopic (exact) mass is 495 g/mol. The Morgan fingerprint density at radius 2 is 1.52 bits per heavy atom. The molecule has 0 fully saturated rings. The Kier molecular flexibility index (Phi) is 15.2. The predicted octanol–water partition coefficient (Wildman–Crippen LogP) is 6.77. The number of benzene rings is 1. The number of hydrogen-bond donors (Lipinski definition) is 1. The fourth-order valence-electron chi connectivity index (χ4n) is 3.46. The summed E-state index contributed by atoms with van der Waals surface area (Å²) in [7, 11) is 0. The van der Waals surface area contributed by atoms with Crippen LogP contribution in [0.5, 0.6) is 0 Å². The number of nitrogens with one attached hydrogen (secondary N) is 1. The normalized spacial score (nSPS) is 10.4. The van der Waals surface area contributed by atoms with Crippen LogP contribution in [0.3, 0.4) is 0 Å². The van der Waals surface area contributed by atoms with Crippen molar-refractivity contribution in [2.45, 2.75) is 77.7 Å². The Balaban J connectivity index is 0.00000544. The average molecular weight is 496 g/mol. The molecule has 5 nitrogen and oxygen atoms in total. The predicted molar refractivity (Wildman–Crippen MR) is 136 cm³/mol. The van der Waals surface area contributed by atoms with Crippen LogP contribution < -0.4 is 9.88 Å². The van der Waals surface area contributed by atoms with Gasteiger partial charge in [0.25, 0.3) is 5.91 Å². The number of esters is 1. The lowest BCUT2D eigenvalue weighted by atomic mass is 10.1. The number of aromatic nitrogens is 1. The maximum absolute atomic E-state index is 12.4. The highest BCUT2D eigenvalue weighted by atomic mass is 35.5. The van der Waals surface area contributed by atoms with Crippen LogP contribution in [-0.4, -0.2) is 18.5 Å². The molecule has 1 aromatic heterocycles. The lowest BCUT2D eigenvalue weighted by Crippen LogP contribution is -2.39. The Morgan fingerprint density at radius 3 is 2.15 bits per heavy atom. The van der Waals surface area contributed by atoms with Crippen molar-refractivity contribution in [3.63, 3.8) is 0 Å². The van der Waals surface area contributed by atoms with E-state index < -0.39 is 0 Å². The van der Waals surface area contributed by atoms with Crippen LogP contribution in [0.2, 0.25) is 5.02 Å². The first-order chi connectivity index (χ1) is 15.6. The largest absolute Gasteiger partial charge is 0.461 e. The number of halogens is 2. The van der Waals surface area contributed by atoms with E-state index in [1.807, 2.05) is 0 Å². The van der Waals surface area contributed by atoms with Crippen molar-refractivity contribution in [1.29, 1.82) is 0 Å². The van der Waals surface area contributed by atoms with E-state index in [1.165, 1.54) is 51.4 Å². The van der Waals surface area contributed by atoms with Crippen molar-refractivity contribution in [3.8, 4) is 0 Å². The number of amides is 1. The van der Waals surface area contributed by atoms with Gasteiger partial charge in [-0.15, -0.1) is 12.4 Å². The van der Waals surface area contributed by atoms with Crippen molar-refractivity contribution in [3.05, 3.63) is 59.4 Å². The molecule has 33 heavy (non-hydrogen) atoms. The molecule has 2 rings (SSSR count). The van der Waals surface area contributed by atoms with Gasteiger partial charge in [0.15, 0.2) is 12.4 Å². The molecule has 0 bridgehead atoms. The third kappa shape index (κ3) is 12.6. The zero-order valence-electron chi connectivity index (χ0n) is 19.6. The Bertz CT molecular complexity index is 829. The maximum Gasteiger partial charge on any atom is 0.372 e. The molecule has 7 heteroatoms. The number of ether oxygens (including phenoxy) is 1. The van der Waals surface area contributed by atoms with Crippen molar-refractivity contribution >= 4 is 41.6 Å². The highest BCUT2D eigenvalue weighted by molar-refractivity contribution is 6.30. The summed E-state index contributed by atoms with van der Waals surface area (Å²) >= 11 is 5.87. The van der Waals surface area contributed by atoms with Gasteiger partial charge in [-0.05, 0) is 36.8 Å². The molecule has 1 N–H and O–H groups in total. The summed E-state index contributed by atoms with van der Waals surface area (Å²) in [5, 5.41) is 3.42. The smallest absolute Gasteiger partial charge is 0.372 e. The van der Waals surface area contributed by atoms with Crippen molar-refractivity contribution < 1.29 is 18.9 Å². The topological polar surface area (TPSA) is 59.3 Å². The Morgan fingerprint density at radius 1 is 0.909 bits per heavy atom. The van der Waals surface area contributed by atoms with Gasteiger partial charge in [0.2, 0.25) is 6.54 Å². The second-order valence-electron chi connectivity index (χ2n) is 8.13. The number of nitrogens with zero attached hydrogens (tertiary/aromatic N) is 1. The van der Waals surface area contributed by atoms with Crippen LogP contribution in [-0.2, 0) is 16.1 Å². The SMILES string of the molecule is CCCCCCCCCCCCOC(=O)C[n+]1cccc(C(=O)Nc2ccc(Cl)cc2)c1.Cl. The molecule has 1 amide bonds. The van der Waals surface area contributed by atoms with E-state index in [0.29, 0.717) is 22.9 Å². The molecule has 2 aromatic rings. The van der Waals surface area contributed by atoms with Gasteiger partial charge in [-0.1, -0.05) is 76.3 Å². The van der Waals surface area contributed by atoms with E-state index in [-0.39, 0.29) is 30.8 Å². The van der Waals surface area contributed by atoms with Crippen molar-refractivity contribution in [2.24, 2.45) is 0 Å². The first-order valence-electron chi connectivity index (χ1n) is 11.8. The minimum absolute atomic E-state index is 0. The summed E-state index contributed by atoms with van der Waals surface area (Å²) < 4.78 is 7.02. The van der Waals surface area contributed by atoms with Crippen LogP contribution in [0.4, 0.5) is 5.69 Å². The zero-order chi connectivity index (χ0) is 23.0. The highest BCUT2D eigenvalue weighted by Crippen LogP contribution is 2.14. The molecular formula is C26H37Cl2N2O3+. The lowest BCUT2D eigenvalue weighted by molar-refractivity contribution is -0.686. The third-order valence-corrected chi connectivity index (χ3v) is 5.55. The van der Waals surface area contributed by atoms with Crippen LogP contribution in [0, 0.1) is 0 Å². The van der Waals surface area contributed by atoms with Gasteiger partial charge in [-0.3, -0.25) is 4.79 Å².